The molecular weight excluding hydrogens is 398 g/mol. The third-order valence-corrected chi connectivity index (χ3v) is 7.37. The fourth-order valence-corrected chi connectivity index (χ4v) is 5.35. The third kappa shape index (κ3) is 3.66. The molecule has 0 unspecified atom stereocenters. The first-order valence-corrected chi connectivity index (χ1v) is 11.9. The molecule has 3 fully saturated rings. The number of hydrogen-bond donors (Lipinski definition) is 2. The molecule has 0 atom stereocenters. The van der Waals surface area contributed by atoms with Crippen molar-refractivity contribution in [3.63, 3.8) is 0 Å². The first kappa shape index (κ1) is 18.5. The highest BCUT2D eigenvalue weighted by Gasteiger charge is 2.28. The van der Waals surface area contributed by atoms with E-state index in [1.54, 1.807) is 11.3 Å². The molecule has 158 valence electrons. The molecule has 2 saturated heterocycles. The quantitative estimate of drug-likeness (QED) is 0.649. The molecule has 0 aromatic carbocycles. The molecule has 0 bridgehead atoms. The summed E-state index contributed by atoms with van der Waals surface area (Å²) in [6.07, 6.45) is 4.82. The molecule has 2 N–H and O–H groups in total. The van der Waals surface area contributed by atoms with Crippen LogP contribution in [0.25, 0.3) is 10.2 Å². The number of thiophene rings is 1. The highest BCUT2D eigenvalue weighted by Crippen LogP contribution is 2.40. The zero-order chi connectivity index (χ0) is 19.9. The Hall–Kier alpha value is -2.23. The molecule has 1 saturated carbocycles. The van der Waals surface area contributed by atoms with Gasteiger partial charge in [0.15, 0.2) is 11.6 Å². The van der Waals surface area contributed by atoms with E-state index in [0.29, 0.717) is 12.0 Å². The molecule has 0 amide bonds. The Morgan fingerprint density at radius 2 is 1.90 bits per heavy atom. The van der Waals surface area contributed by atoms with Gasteiger partial charge < -0.3 is 15.0 Å². The van der Waals surface area contributed by atoms with Crippen LogP contribution in [0, 0.1) is 0 Å². The summed E-state index contributed by atoms with van der Waals surface area (Å²) in [5.74, 6) is 3.17. The van der Waals surface area contributed by atoms with Crippen LogP contribution in [0.1, 0.15) is 37.3 Å². The fraction of sp³-hybridized carbons (Fsp3) is 0.571. The number of aromatic nitrogens is 4. The van der Waals surface area contributed by atoms with E-state index in [-0.39, 0.29) is 0 Å². The number of nitrogens with zero attached hydrogens (tertiary/aromatic N) is 5. The average Bonchev–Trinajstić information content (AvgIpc) is 3.35. The number of rotatable bonds is 5. The second-order valence-electron chi connectivity index (χ2n) is 8.48. The predicted molar refractivity (Wildman–Crippen MR) is 119 cm³/mol. The van der Waals surface area contributed by atoms with Crippen LogP contribution in [0.3, 0.4) is 0 Å². The number of H-pyrrole nitrogens is 1. The Morgan fingerprint density at radius 3 is 2.70 bits per heavy atom. The molecule has 3 aromatic rings. The van der Waals surface area contributed by atoms with Gasteiger partial charge in [0.1, 0.15) is 0 Å². The lowest BCUT2D eigenvalue weighted by Crippen LogP contribution is -2.49. The van der Waals surface area contributed by atoms with Crippen molar-refractivity contribution in [1.29, 1.82) is 0 Å². The molecule has 8 nitrogen and oxygen atoms in total. The van der Waals surface area contributed by atoms with Crippen LogP contribution < -0.4 is 10.2 Å². The van der Waals surface area contributed by atoms with Gasteiger partial charge in [0, 0.05) is 49.9 Å². The van der Waals surface area contributed by atoms with Gasteiger partial charge >= 0.3 is 0 Å². The van der Waals surface area contributed by atoms with Gasteiger partial charge in [-0.2, -0.15) is 10.1 Å². The van der Waals surface area contributed by atoms with E-state index in [0.717, 1.165) is 80.0 Å². The van der Waals surface area contributed by atoms with E-state index < -0.39 is 0 Å². The molecule has 6 rings (SSSR count). The zero-order valence-corrected chi connectivity index (χ0v) is 17.8. The average molecular weight is 426 g/mol. The summed E-state index contributed by atoms with van der Waals surface area (Å²) >= 11 is 1.67. The van der Waals surface area contributed by atoms with E-state index >= 15 is 0 Å². The van der Waals surface area contributed by atoms with Crippen LogP contribution in [-0.2, 0) is 4.74 Å². The molecule has 1 aliphatic carbocycles. The zero-order valence-electron chi connectivity index (χ0n) is 17.0. The van der Waals surface area contributed by atoms with Crippen molar-refractivity contribution in [2.24, 2.45) is 0 Å². The van der Waals surface area contributed by atoms with Gasteiger partial charge in [-0.3, -0.25) is 10.00 Å². The van der Waals surface area contributed by atoms with Crippen LogP contribution in [0.5, 0.6) is 0 Å². The van der Waals surface area contributed by atoms with Crippen LogP contribution >= 0.6 is 11.3 Å². The fourth-order valence-electron chi connectivity index (χ4n) is 4.58. The molecule has 0 radical (unpaired) electrons. The number of hydrogen-bond acceptors (Lipinski definition) is 8. The van der Waals surface area contributed by atoms with Gasteiger partial charge in [-0.15, -0.1) is 11.3 Å². The minimum atomic E-state index is 0.650. The SMILES string of the molecule is c1cc2nc(N3CCC(N4CCOCC4)CC3)nc(Nc3cc(C4CC4)[nH]n3)c2s1. The van der Waals surface area contributed by atoms with E-state index in [2.05, 4.69) is 42.8 Å². The second-order valence-corrected chi connectivity index (χ2v) is 9.40. The minimum Gasteiger partial charge on any atom is -0.379 e. The van der Waals surface area contributed by atoms with Crippen molar-refractivity contribution in [3.05, 3.63) is 23.2 Å². The van der Waals surface area contributed by atoms with Crippen LogP contribution in [0.2, 0.25) is 0 Å². The van der Waals surface area contributed by atoms with Crippen molar-refractivity contribution in [1.82, 2.24) is 25.1 Å². The number of aromatic amines is 1. The Kier molecular flexibility index (Phi) is 4.81. The summed E-state index contributed by atoms with van der Waals surface area (Å²) in [4.78, 5) is 14.7. The lowest BCUT2D eigenvalue weighted by atomic mass is 10.0. The first-order valence-electron chi connectivity index (χ1n) is 11.0. The maximum atomic E-state index is 5.51. The van der Waals surface area contributed by atoms with Crippen molar-refractivity contribution in [3.8, 4) is 0 Å². The summed E-state index contributed by atoms with van der Waals surface area (Å²) < 4.78 is 6.59. The third-order valence-electron chi connectivity index (χ3n) is 6.46. The van der Waals surface area contributed by atoms with Crippen molar-refractivity contribution in [2.75, 3.05) is 49.6 Å². The lowest BCUT2D eigenvalue weighted by molar-refractivity contribution is 0.0114. The topological polar surface area (TPSA) is 82.2 Å². The molecule has 3 aliphatic rings. The highest BCUT2D eigenvalue weighted by molar-refractivity contribution is 7.17. The van der Waals surface area contributed by atoms with E-state index in [1.165, 1.54) is 18.5 Å². The minimum absolute atomic E-state index is 0.650. The van der Waals surface area contributed by atoms with Crippen molar-refractivity contribution in [2.45, 2.75) is 37.6 Å². The Labute approximate surface area is 179 Å². The van der Waals surface area contributed by atoms with Gasteiger partial charge in [0.25, 0.3) is 0 Å². The number of ether oxygens (including phenoxy) is 1. The molecule has 5 heterocycles. The molecule has 30 heavy (non-hydrogen) atoms. The summed E-state index contributed by atoms with van der Waals surface area (Å²) in [6.45, 7) is 5.83. The van der Waals surface area contributed by atoms with E-state index in [1.807, 2.05) is 0 Å². The smallest absolute Gasteiger partial charge is 0.227 e. The Morgan fingerprint density at radius 1 is 1.07 bits per heavy atom. The number of piperidine rings is 1. The highest BCUT2D eigenvalue weighted by atomic mass is 32.1. The molecule has 0 spiro atoms. The summed E-state index contributed by atoms with van der Waals surface area (Å²) in [7, 11) is 0. The first-order chi connectivity index (χ1) is 14.8. The number of anilines is 3. The number of nitrogens with one attached hydrogen (secondary N) is 2. The largest absolute Gasteiger partial charge is 0.379 e. The van der Waals surface area contributed by atoms with Crippen molar-refractivity contribution < 1.29 is 4.74 Å². The maximum Gasteiger partial charge on any atom is 0.227 e. The Bertz CT molecular complexity index is 1020. The van der Waals surface area contributed by atoms with E-state index in [9.17, 15) is 0 Å². The van der Waals surface area contributed by atoms with Gasteiger partial charge in [-0.1, -0.05) is 0 Å². The summed E-state index contributed by atoms with van der Waals surface area (Å²) in [5, 5.41) is 13.1. The van der Waals surface area contributed by atoms with E-state index in [4.69, 9.17) is 14.7 Å². The normalized spacial score (nSPS) is 21.4. The standard InChI is InChI=1S/C21H27N7OS/c1-2-14(1)17-13-18(26-25-17)23-20-19-16(5-12-30-19)22-21(24-20)28-6-3-15(4-7-28)27-8-10-29-11-9-27/h5,12-15H,1-4,6-11H2,(H2,22,23,24,25,26). The molecule has 2 aliphatic heterocycles. The molecular formula is C21H27N7OS. The second kappa shape index (κ2) is 7.79. The Balaban J connectivity index is 1.20. The summed E-state index contributed by atoms with van der Waals surface area (Å²) in [6, 6.07) is 4.85. The van der Waals surface area contributed by atoms with Crippen LogP contribution in [0.4, 0.5) is 17.6 Å². The van der Waals surface area contributed by atoms with Gasteiger partial charge in [-0.05, 0) is 37.1 Å². The van der Waals surface area contributed by atoms with Crippen LogP contribution in [0.15, 0.2) is 17.5 Å². The predicted octanol–water partition coefficient (Wildman–Crippen LogP) is 3.34. The number of morpholine rings is 1. The lowest BCUT2D eigenvalue weighted by Gasteiger charge is -2.40. The van der Waals surface area contributed by atoms with Gasteiger partial charge in [0.05, 0.1) is 23.4 Å². The maximum absolute atomic E-state index is 5.51. The molecule has 9 heteroatoms. The van der Waals surface area contributed by atoms with Gasteiger partial charge in [0.2, 0.25) is 5.95 Å². The van der Waals surface area contributed by atoms with Gasteiger partial charge in [-0.25, -0.2) is 4.98 Å². The molecule has 3 aromatic heterocycles. The van der Waals surface area contributed by atoms with Crippen LogP contribution in [-0.4, -0.2) is 70.5 Å². The monoisotopic (exact) mass is 425 g/mol. The van der Waals surface area contributed by atoms with Crippen molar-refractivity contribution >= 4 is 39.1 Å². The summed E-state index contributed by atoms with van der Waals surface area (Å²) in [5.41, 5.74) is 2.22. The number of fused-ring (bicyclic) bond motifs is 1.